The van der Waals surface area contributed by atoms with Crippen LogP contribution in [0.1, 0.15) is 39.0 Å². The second-order valence-corrected chi connectivity index (χ2v) is 5.36. The maximum absolute atomic E-state index is 9.94. The summed E-state index contributed by atoms with van der Waals surface area (Å²) in [6.45, 7) is 6.33. The fourth-order valence-corrected chi connectivity index (χ4v) is 2.44. The number of hydrogen-bond donors (Lipinski definition) is 2. The molecule has 1 aliphatic rings. The molecule has 4 heteroatoms. The van der Waals surface area contributed by atoms with Gasteiger partial charge in [-0.2, -0.15) is 0 Å². The molecule has 1 aliphatic heterocycles. The van der Waals surface area contributed by atoms with Gasteiger partial charge in [0.1, 0.15) is 0 Å². The van der Waals surface area contributed by atoms with E-state index in [0.29, 0.717) is 12.6 Å². The number of hydrogen-bond acceptors (Lipinski definition) is 4. The standard InChI is InChI=1S/C14H30N2O2/c1-3-4-10-18-12-14(17)11-16(2)13-6-5-8-15-9-7-13/h13-15,17H,3-12H2,1-2H3. The molecule has 0 amide bonds. The molecular weight excluding hydrogens is 228 g/mol. The monoisotopic (exact) mass is 258 g/mol. The van der Waals surface area contributed by atoms with Crippen molar-refractivity contribution < 1.29 is 9.84 Å². The van der Waals surface area contributed by atoms with E-state index in [1.807, 2.05) is 0 Å². The SMILES string of the molecule is CCCCOCC(O)CN(C)C1CCCNCC1. The number of aliphatic hydroxyl groups is 1. The number of nitrogens with zero attached hydrogens (tertiary/aromatic N) is 1. The first-order valence-electron chi connectivity index (χ1n) is 7.40. The quantitative estimate of drug-likeness (QED) is 0.643. The van der Waals surface area contributed by atoms with Crippen LogP contribution in [0.2, 0.25) is 0 Å². The highest BCUT2D eigenvalue weighted by Crippen LogP contribution is 2.12. The van der Waals surface area contributed by atoms with Gasteiger partial charge in [0.25, 0.3) is 0 Å². The van der Waals surface area contributed by atoms with Gasteiger partial charge in [0, 0.05) is 19.2 Å². The molecule has 1 heterocycles. The normalized spacial score (nSPS) is 23.0. The van der Waals surface area contributed by atoms with E-state index in [4.69, 9.17) is 4.74 Å². The van der Waals surface area contributed by atoms with E-state index in [2.05, 4.69) is 24.2 Å². The molecule has 2 atom stereocenters. The smallest absolute Gasteiger partial charge is 0.0900 e. The third kappa shape index (κ3) is 6.69. The molecule has 0 radical (unpaired) electrons. The van der Waals surface area contributed by atoms with E-state index in [1.54, 1.807) is 0 Å². The van der Waals surface area contributed by atoms with Gasteiger partial charge < -0.3 is 20.1 Å². The zero-order valence-electron chi connectivity index (χ0n) is 12.0. The Kier molecular flexibility index (Phi) is 8.59. The minimum absolute atomic E-state index is 0.358. The molecule has 0 saturated carbocycles. The molecule has 4 nitrogen and oxygen atoms in total. The Balaban J connectivity index is 2.14. The number of ether oxygens (including phenoxy) is 1. The maximum atomic E-state index is 9.94. The molecule has 2 N–H and O–H groups in total. The minimum Gasteiger partial charge on any atom is -0.389 e. The zero-order chi connectivity index (χ0) is 13.2. The molecule has 108 valence electrons. The predicted molar refractivity (Wildman–Crippen MR) is 74.9 cm³/mol. The maximum Gasteiger partial charge on any atom is 0.0900 e. The van der Waals surface area contributed by atoms with Crippen molar-refractivity contribution >= 4 is 0 Å². The van der Waals surface area contributed by atoms with Crippen LogP contribution in [-0.4, -0.2) is 62.0 Å². The van der Waals surface area contributed by atoms with Crippen molar-refractivity contribution in [3.63, 3.8) is 0 Å². The van der Waals surface area contributed by atoms with Crippen molar-refractivity contribution in [2.24, 2.45) is 0 Å². The van der Waals surface area contributed by atoms with Gasteiger partial charge >= 0.3 is 0 Å². The van der Waals surface area contributed by atoms with E-state index < -0.39 is 0 Å². The van der Waals surface area contributed by atoms with Gasteiger partial charge in [-0.15, -0.1) is 0 Å². The molecule has 1 fully saturated rings. The Bertz CT molecular complexity index is 194. The van der Waals surface area contributed by atoms with E-state index >= 15 is 0 Å². The summed E-state index contributed by atoms with van der Waals surface area (Å²) in [6, 6.07) is 0.602. The van der Waals surface area contributed by atoms with E-state index in [9.17, 15) is 5.11 Å². The highest BCUT2D eigenvalue weighted by Gasteiger charge is 2.18. The molecule has 1 rings (SSSR count). The van der Waals surface area contributed by atoms with Crippen molar-refractivity contribution in [1.82, 2.24) is 10.2 Å². The number of aliphatic hydroxyl groups excluding tert-OH is 1. The van der Waals surface area contributed by atoms with Gasteiger partial charge in [-0.05, 0) is 45.8 Å². The Morgan fingerprint density at radius 1 is 1.39 bits per heavy atom. The summed E-state index contributed by atoms with van der Waals surface area (Å²) in [5.74, 6) is 0. The van der Waals surface area contributed by atoms with Crippen LogP contribution >= 0.6 is 0 Å². The lowest BCUT2D eigenvalue weighted by Crippen LogP contribution is -2.39. The molecule has 0 spiro atoms. The number of nitrogens with one attached hydrogen (secondary N) is 1. The Morgan fingerprint density at radius 2 is 2.22 bits per heavy atom. The lowest BCUT2D eigenvalue weighted by Gasteiger charge is -2.28. The van der Waals surface area contributed by atoms with Crippen LogP contribution in [0.3, 0.4) is 0 Å². The van der Waals surface area contributed by atoms with Crippen LogP contribution in [0.4, 0.5) is 0 Å². The van der Waals surface area contributed by atoms with Gasteiger partial charge in [-0.25, -0.2) is 0 Å². The molecule has 1 saturated heterocycles. The van der Waals surface area contributed by atoms with Crippen LogP contribution in [0.5, 0.6) is 0 Å². The number of rotatable bonds is 8. The van der Waals surface area contributed by atoms with Crippen LogP contribution < -0.4 is 5.32 Å². The lowest BCUT2D eigenvalue weighted by molar-refractivity contribution is 0.0124. The van der Waals surface area contributed by atoms with Crippen LogP contribution in [0.25, 0.3) is 0 Å². The average molecular weight is 258 g/mol. The summed E-state index contributed by atoms with van der Waals surface area (Å²) in [6.07, 6.45) is 5.51. The zero-order valence-corrected chi connectivity index (χ0v) is 12.0. The summed E-state index contributed by atoms with van der Waals surface area (Å²) in [5, 5.41) is 13.4. The highest BCUT2D eigenvalue weighted by molar-refractivity contribution is 4.75. The van der Waals surface area contributed by atoms with Gasteiger partial charge in [0.2, 0.25) is 0 Å². The Morgan fingerprint density at radius 3 is 3.00 bits per heavy atom. The van der Waals surface area contributed by atoms with Gasteiger partial charge in [0.05, 0.1) is 12.7 Å². The molecule has 0 aromatic rings. The molecule has 0 aromatic heterocycles. The molecule has 0 aromatic carbocycles. The molecular formula is C14H30N2O2. The van der Waals surface area contributed by atoms with Crippen molar-refractivity contribution in [3.05, 3.63) is 0 Å². The first-order chi connectivity index (χ1) is 8.74. The van der Waals surface area contributed by atoms with Gasteiger partial charge in [0.15, 0.2) is 0 Å². The van der Waals surface area contributed by atoms with Gasteiger partial charge in [-0.3, -0.25) is 0 Å². The first-order valence-corrected chi connectivity index (χ1v) is 7.40. The van der Waals surface area contributed by atoms with Crippen molar-refractivity contribution in [3.8, 4) is 0 Å². The fourth-order valence-electron chi connectivity index (χ4n) is 2.44. The van der Waals surface area contributed by atoms with Crippen LogP contribution in [0.15, 0.2) is 0 Å². The second-order valence-electron chi connectivity index (χ2n) is 5.36. The topological polar surface area (TPSA) is 44.7 Å². The first kappa shape index (κ1) is 15.9. The minimum atomic E-state index is -0.358. The molecule has 0 bridgehead atoms. The van der Waals surface area contributed by atoms with E-state index in [0.717, 1.165) is 39.1 Å². The van der Waals surface area contributed by atoms with Crippen LogP contribution in [0, 0.1) is 0 Å². The summed E-state index contributed by atoms with van der Waals surface area (Å²) in [7, 11) is 2.12. The summed E-state index contributed by atoms with van der Waals surface area (Å²) in [5.41, 5.74) is 0. The molecule has 0 aliphatic carbocycles. The van der Waals surface area contributed by atoms with Crippen molar-refractivity contribution in [2.75, 3.05) is 39.9 Å². The Hall–Kier alpha value is -0.160. The third-order valence-corrected chi connectivity index (χ3v) is 3.62. The van der Waals surface area contributed by atoms with Gasteiger partial charge in [-0.1, -0.05) is 13.3 Å². The largest absolute Gasteiger partial charge is 0.389 e. The number of unbranched alkanes of at least 4 members (excludes halogenated alkanes) is 1. The fraction of sp³-hybridized carbons (Fsp3) is 1.00. The van der Waals surface area contributed by atoms with Crippen molar-refractivity contribution in [1.29, 1.82) is 0 Å². The van der Waals surface area contributed by atoms with E-state index in [1.165, 1.54) is 19.3 Å². The summed E-state index contributed by atoms with van der Waals surface area (Å²) >= 11 is 0. The van der Waals surface area contributed by atoms with Crippen LogP contribution in [-0.2, 0) is 4.74 Å². The highest BCUT2D eigenvalue weighted by atomic mass is 16.5. The second kappa shape index (κ2) is 9.73. The molecule has 18 heavy (non-hydrogen) atoms. The third-order valence-electron chi connectivity index (χ3n) is 3.62. The predicted octanol–water partition coefficient (Wildman–Crippen LogP) is 1.24. The summed E-state index contributed by atoms with van der Waals surface area (Å²) < 4.78 is 5.46. The lowest BCUT2D eigenvalue weighted by atomic mass is 10.1. The Labute approximate surface area is 112 Å². The number of likely N-dealkylation sites (N-methyl/N-ethyl adjacent to an activating group) is 1. The molecule has 2 unspecified atom stereocenters. The summed E-state index contributed by atoms with van der Waals surface area (Å²) in [4.78, 5) is 2.29. The average Bonchev–Trinajstić information content (AvgIpc) is 2.63. The van der Waals surface area contributed by atoms with E-state index in [-0.39, 0.29) is 6.10 Å². The van der Waals surface area contributed by atoms with Crippen molar-refractivity contribution in [2.45, 2.75) is 51.2 Å².